The minimum atomic E-state index is -4.56. The van der Waals surface area contributed by atoms with Crippen molar-refractivity contribution < 1.29 is 18.3 Å². The van der Waals surface area contributed by atoms with E-state index in [-0.39, 0.29) is 15.6 Å². The van der Waals surface area contributed by atoms with Gasteiger partial charge in [-0.15, -0.1) is 0 Å². The number of benzene rings is 1. The number of rotatable bonds is 3. The molecule has 0 unspecified atom stereocenters. The summed E-state index contributed by atoms with van der Waals surface area (Å²) in [7, 11) is 0. The Morgan fingerprint density at radius 3 is 2.12 bits per heavy atom. The maximum Gasteiger partial charge on any atom is 0.403 e. The summed E-state index contributed by atoms with van der Waals surface area (Å²) >= 11 is 11.5. The zero-order chi connectivity index (χ0) is 13.2. The maximum absolute atomic E-state index is 12.2. The van der Waals surface area contributed by atoms with Crippen LogP contribution in [0.2, 0.25) is 10.0 Å². The van der Waals surface area contributed by atoms with E-state index in [0.717, 1.165) is 0 Å². The number of nitrogens with two attached hydrogens (primary N) is 1. The average molecular weight is 288 g/mol. The number of hydrogen-bond acceptors (Lipinski definition) is 2. The second kappa shape index (κ2) is 5.44. The summed E-state index contributed by atoms with van der Waals surface area (Å²) in [6.07, 6.45) is -6.70. The van der Waals surface area contributed by atoms with Crippen molar-refractivity contribution >= 4 is 23.2 Å². The third-order valence-electron chi connectivity index (χ3n) is 2.23. The van der Waals surface area contributed by atoms with Crippen molar-refractivity contribution in [2.24, 2.45) is 5.73 Å². The minimum absolute atomic E-state index is 0.0653. The van der Waals surface area contributed by atoms with Crippen LogP contribution in [0.5, 0.6) is 0 Å². The van der Waals surface area contributed by atoms with Gasteiger partial charge < -0.3 is 10.8 Å². The summed E-state index contributed by atoms with van der Waals surface area (Å²) in [6.45, 7) is 0. The molecule has 7 heteroatoms. The predicted octanol–water partition coefficient (Wildman–Crippen LogP) is 3.31. The molecule has 1 aromatic rings. The molecule has 0 bridgehead atoms. The Labute approximate surface area is 106 Å². The van der Waals surface area contributed by atoms with Gasteiger partial charge >= 0.3 is 6.18 Å². The first-order valence-corrected chi connectivity index (χ1v) is 5.43. The minimum Gasteiger partial charge on any atom is -0.388 e. The summed E-state index contributed by atoms with van der Waals surface area (Å²) < 4.78 is 36.7. The van der Waals surface area contributed by atoms with Crippen molar-refractivity contribution in [2.45, 2.75) is 24.7 Å². The highest BCUT2D eigenvalue weighted by molar-refractivity contribution is 6.36. The first kappa shape index (κ1) is 14.6. The van der Waals surface area contributed by atoms with Crippen LogP contribution in [-0.4, -0.2) is 17.3 Å². The highest BCUT2D eigenvalue weighted by Crippen LogP contribution is 2.34. The van der Waals surface area contributed by atoms with Crippen molar-refractivity contribution in [3.63, 3.8) is 0 Å². The van der Waals surface area contributed by atoms with E-state index in [1.165, 1.54) is 18.2 Å². The maximum atomic E-state index is 12.2. The fourth-order valence-electron chi connectivity index (χ4n) is 1.32. The first-order valence-electron chi connectivity index (χ1n) is 4.67. The van der Waals surface area contributed by atoms with Gasteiger partial charge in [-0.05, 0) is 12.1 Å². The zero-order valence-corrected chi connectivity index (χ0v) is 10.0. The Hall–Kier alpha value is -0.490. The molecule has 0 saturated carbocycles. The molecule has 2 atom stereocenters. The number of aliphatic hydroxyl groups is 1. The van der Waals surface area contributed by atoms with Crippen molar-refractivity contribution in [2.75, 3.05) is 0 Å². The Kier molecular flexibility index (Phi) is 4.66. The Bertz CT molecular complexity index is 377. The smallest absolute Gasteiger partial charge is 0.388 e. The van der Waals surface area contributed by atoms with Gasteiger partial charge in [0.15, 0.2) is 0 Å². The third kappa shape index (κ3) is 3.74. The summed E-state index contributed by atoms with van der Waals surface area (Å²) in [5.74, 6) is 0. The summed E-state index contributed by atoms with van der Waals surface area (Å²) in [6, 6.07) is 2.28. The molecule has 1 rings (SSSR count). The van der Waals surface area contributed by atoms with Gasteiger partial charge in [-0.3, -0.25) is 0 Å². The molecule has 0 amide bonds. The lowest BCUT2D eigenvalue weighted by atomic mass is 10.0. The van der Waals surface area contributed by atoms with Crippen LogP contribution in [0.3, 0.4) is 0 Å². The van der Waals surface area contributed by atoms with Gasteiger partial charge in [0, 0.05) is 22.0 Å². The predicted molar refractivity (Wildman–Crippen MR) is 60.1 cm³/mol. The molecule has 0 spiro atoms. The van der Waals surface area contributed by atoms with Gasteiger partial charge in [0.2, 0.25) is 0 Å². The first-order chi connectivity index (χ1) is 7.73. The van der Waals surface area contributed by atoms with E-state index in [9.17, 15) is 18.3 Å². The molecule has 96 valence electrons. The molecule has 0 aromatic heterocycles. The molecule has 2 nitrogen and oxygen atoms in total. The molecule has 0 heterocycles. The molecule has 17 heavy (non-hydrogen) atoms. The highest BCUT2D eigenvalue weighted by Gasteiger charge is 2.38. The van der Waals surface area contributed by atoms with Crippen LogP contribution in [-0.2, 0) is 0 Å². The van der Waals surface area contributed by atoms with Crippen molar-refractivity contribution in [3.05, 3.63) is 33.8 Å². The van der Waals surface area contributed by atoms with Crippen molar-refractivity contribution in [1.82, 2.24) is 0 Å². The molecule has 0 aliphatic heterocycles. The van der Waals surface area contributed by atoms with Crippen LogP contribution in [0.1, 0.15) is 18.1 Å². The fourth-order valence-corrected chi connectivity index (χ4v) is 1.97. The molecule has 3 N–H and O–H groups in total. The summed E-state index contributed by atoms with van der Waals surface area (Å²) in [4.78, 5) is 0. The Morgan fingerprint density at radius 1 is 1.24 bits per heavy atom. The monoisotopic (exact) mass is 287 g/mol. The molecular weight excluding hydrogens is 278 g/mol. The second-order valence-corrected chi connectivity index (χ2v) is 4.35. The molecule has 1 aromatic carbocycles. The summed E-state index contributed by atoms with van der Waals surface area (Å²) in [5.41, 5.74) is 4.98. The number of hydrogen-bond donors (Lipinski definition) is 2. The van der Waals surface area contributed by atoms with E-state index in [2.05, 4.69) is 0 Å². The van der Waals surface area contributed by atoms with Gasteiger partial charge in [0.1, 0.15) is 6.04 Å². The fraction of sp³-hybridized carbons (Fsp3) is 0.400. The number of alkyl halides is 3. The normalized spacial score (nSPS) is 15.7. The third-order valence-corrected chi connectivity index (χ3v) is 2.89. The van der Waals surface area contributed by atoms with Crippen LogP contribution < -0.4 is 5.73 Å². The molecular formula is C10H10Cl2F3NO. The van der Waals surface area contributed by atoms with Crippen molar-refractivity contribution in [3.8, 4) is 0 Å². The Morgan fingerprint density at radius 2 is 1.71 bits per heavy atom. The lowest BCUT2D eigenvalue weighted by molar-refractivity contribution is -0.153. The van der Waals surface area contributed by atoms with Gasteiger partial charge in [0.25, 0.3) is 0 Å². The van der Waals surface area contributed by atoms with E-state index >= 15 is 0 Å². The van der Waals surface area contributed by atoms with Gasteiger partial charge in [-0.2, -0.15) is 13.2 Å². The number of halogens is 5. The van der Waals surface area contributed by atoms with E-state index in [1.807, 2.05) is 0 Å². The zero-order valence-electron chi connectivity index (χ0n) is 8.51. The Balaban J connectivity index is 2.87. The van der Waals surface area contributed by atoms with E-state index in [1.54, 1.807) is 0 Å². The molecule has 0 radical (unpaired) electrons. The lowest BCUT2D eigenvalue weighted by Gasteiger charge is -2.20. The highest BCUT2D eigenvalue weighted by atomic mass is 35.5. The van der Waals surface area contributed by atoms with Crippen LogP contribution in [0.4, 0.5) is 13.2 Å². The van der Waals surface area contributed by atoms with Crippen LogP contribution in [0.25, 0.3) is 0 Å². The van der Waals surface area contributed by atoms with Gasteiger partial charge in [-0.25, -0.2) is 0 Å². The quantitative estimate of drug-likeness (QED) is 0.896. The standard InChI is InChI=1S/C10H10Cl2F3NO/c11-5-2-1-3-6(12)9(5)7(17)4-8(16)10(13,14)15/h1-3,7-8,17H,4,16H2/t7-,8+/m0/s1. The van der Waals surface area contributed by atoms with Crippen LogP contribution in [0, 0.1) is 0 Å². The van der Waals surface area contributed by atoms with E-state index in [4.69, 9.17) is 28.9 Å². The van der Waals surface area contributed by atoms with E-state index < -0.39 is 24.7 Å². The molecule has 0 aliphatic carbocycles. The molecule has 0 saturated heterocycles. The average Bonchev–Trinajstić information content (AvgIpc) is 2.15. The van der Waals surface area contributed by atoms with Crippen molar-refractivity contribution in [1.29, 1.82) is 0 Å². The van der Waals surface area contributed by atoms with Crippen LogP contribution in [0.15, 0.2) is 18.2 Å². The largest absolute Gasteiger partial charge is 0.403 e. The number of aliphatic hydroxyl groups excluding tert-OH is 1. The second-order valence-electron chi connectivity index (χ2n) is 3.53. The van der Waals surface area contributed by atoms with Gasteiger partial charge in [0.05, 0.1) is 6.10 Å². The van der Waals surface area contributed by atoms with E-state index in [0.29, 0.717) is 0 Å². The topological polar surface area (TPSA) is 46.2 Å². The molecule has 0 aliphatic rings. The SMILES string of the molecule is N[C@H](C[C@H](O)c1c(Cl)cccc1Cl)C(F)(F)F. The summed E-state index contributed by atoms with van der Waals surface area (Å²) in [5, 5.41) is 9.89. The molecule has 0 fully saturated rings. The van der Waals surface area contributed by atoms with Gasteiger partial charge in [-0.1, -0.05) is 29.3 Å². The van der Waals surface area contributed by atoms with Crippen LogP contribution >= 0.6 is 23.2 Å². The lowest BCUT2D eigenvalue weighted by Crippen LogP contribution is -2.38.